The maximum atomic E-state index is 8.76. The van der Waals surface area contributed by atoms with Crippen molar-refractivity contribution < 1.29 is 9.94 Å². The van der Waals surface area contributed by atoms with Crippen LogP contribution in [-0.4, -0.2) is 27.6 Å². The molecule has 0 atom stereocenters. The standard InChI is InChI=1S/C14H16N4O2/c1-10-5-6-12(13(15)18-19)14(17-10)20-9-7-11-4-2-3-8-16-11/h2-6,8,19H,7,9H2,1H3,(H2,15,18). The molecule has 0 aliphatic rings. The van der Waals surface area contributed by atoms with Gasteiger partial charge in [-0.05, 0) is 31.2 Å². The Bertz CT molecular complexity index is 599. The van der Waals surface area contributed by atoms with E-state index in [0.717, 1.165) is 11.4 Å². The van der Waals surface area contributed by atoms with Gasteiger partial charge in [0.05, 0.1) is 12.2 Å². The van der Waals surface area contributed by atoms with Gasteiger partial charge in [0.1, 0.15) is 0 Å². The molecule has 0 radical (unpaired) electrons. The highest BCUT2D eigenvalue weighted by atomic mass is 16.5. The molecule has 2 heterocycles. The van der Waals surface area contributed by atoms with Crippen molar-refractivity contribution in [2.45, 2.75) is 13.3 Å². The lowest BCUT2D eigenvalue weighted by molar-refractivity contribution is 0.304. The second-order valence-electron chi connectivity index (χ2n) is 4.21. The number of aromatic nitrogens is 2. The summed E-state index contributed by atoms with van der Waals surface area (Å²) in [7, 11) is 0. The zero-order chi connectivity index (χ0) is 14.4. The molecule has 2 rings (SSSR count). The molecular weight excluding hydrogens is 256 g/mol. The molecule has 6 nitrogen and oxygen atoms in total. The molecule has 6 heteroatoms. The Morgan fingerprint density at radius 2 is 2.20 bits per heavy atom. The number of aryl methyl sites for hydroxylation is 1. The molecule has 0 spiro atoms. The van der Waals surface area contributed by atoms with Crippen LogP contribution in [0.3, 0.4) is 0 Å². The monoisotopic (exact) mass is 272 g/mol. The van der Waals surface area contributed by atoms with Crippen LogP contribution in [0, 0.1) is 6.92 Å². The normalized spacial score (nSPS) is 11.3. The molecule has 0 aliphatic heterocycles. The third-order valence-corrected chi connectivity index (χ3v) is 2.71. The highest BCUT2D eigenvalue weighted by molar-refractivity contribution is 5.99. The summed E-state index contributed by atoms with van der Waals surface area (Å²) < 4.78 is 5.62. The van der Waals surface area contributed by atoms with Gasteiger partial charge in [0.15, 0.2) is 5.84 Å². The Labute approximate surface area is 116 Å². The van der Waals surface area contributed by atoms with Crippen LogP contribution in [0.25, 0.3) is 0 Å². The van der Waals surface area contributed by atoms with E-state index in [2.05, 4.69) is 15.1 Å². The number of hydrogen-bond acceptors (Lipinski definition) is 5. The van der Waals surface area contributed by atoms with E-state index in [1.54, 1.807) is 18.3 Å². The third-order valence-electron chi connectivity index (χ3n) is 2.71. The number of amidine groups is 1. The Kier molecular flexibility index (Phi) is 4.49. The van der Waals surface area contributed by atoms with Crippen LogP contribution in [0.4, 0.5) is 0 Å². The summed E-state index contributed by atoms with van der Waals surface area (Å²) in [6.07, 6.45) is 2.40. The number of nitrogens with zero attached hydrogens (tertiary/aromatic N) is 3. The summed E-state index contributed by atoms with van der Waals surface area (Å²) >= 11 is 0. The number of nitrogens with two attached hydrogens (primary N) is 1. The first-order chi connectivity index (χ1) is 9.70. The molecule has 0 bridgehead atoms. The molecule has 0 amide bonds. The largest absolute Gasteiger partial charge is 0.477 e. The van der Waals surface area contributed by atoms with E-state index in [-0.39, 0.29) is 5.84 Å². The van der Waals surface area contributed by atoms with Gasteiger partial charge in [-0.1, -0.05) is 11.2 Å². The SMILES string of the molecule is Cc1ccc(C(N)=NO)c(OCCc2ccccn2)n1. The maximum absolute atomic E-state index is 8.76. The van der Waals surface area contributed by atoms with Crippen molar-refractivity contribution >= 4 is 5.84 Å². The summed E-state index contributed by atoms with van der Waals surface area (Å²) in [6, 6.07) is 9.21. The molecule has 104 valence electrons. The van der Waals surface area contributed by atoms with Gasteiger partial charge in [0.25, 0.3) is 0 Å². The fourth-order valence-electron chi connectivity index (χ4n) is 1.69. The first-order valence-corrected chi connectivity index (χ1v) is 6.19. The van der Waals surface area contributed by atoms with Crippen molar-refractivity contribution in [2.75, 3.05) is 6.61 Å². The quantitative estimate of drug-likeness (QED) is 0.372. The van der Waals surface area contributed by atoms with Gasteiger partial charge in [-0.2, -0.15) is 0 Å². The van der Waals surface area contributed by atoms with Crippen LogP contribution >= 0.6 is 0 Å². The summed E-state index contributed by atoms with van der Waals surface area (Å²) in [5.74, 6) is 0.335. The molecule has 0 saturated heterocycles. The summed E-state index contributed by atoms with van der Waals surface area (Å²) in [6.45, 7) is 2.26. The van der Waals surface area contributed by atoms with E-state index >= 15 is 0 Å². The Morgan fingerprint density at radius 3 is 2.90 bits per heavy atom. The van der Waals surface area contributed by atoms with Gasteiger partial charge in [-0.15, -0.1) is 0 Å². The molecule has 0 saturated carbocycles. The minimum absolute atomic E-state index is 0.0228. The fraction of sp³-hybridized carbons (Fsp3) is 0.214. The second-order valence-corrected chi connectivity index (χ2v) is 4.21. The number of rotatable bonds is 5. The number of ether oxygens (including phenoxy) is 1. The van der Waals surface area contributed by atoms with E-state index in [9.17, 15) is 0 Å². The van der Waals surface area contributed by atoms with Crippen LogP contribution in [0.15, 0.2) is 41.7 Å². The lowest BCUT2D eigenvalue weighted by Crippen LogP contribution is -2.16. The second kappa shape index (κ2) is 6.51. The van der Waals surface area contributed by atoms with E-state index in [0.29, 0.717) is 24.5 Å². The summed E-state index contributed by atoms with van der Waals surface area (Å²) in [4.78, 5) is 8.47. The van der Waals surface area contributed by atoms with Crippen LogP contribution in [-0.2, 0) is 6.42 Å². The first-order valence-electron chi connectivity index (χ1n) is 6.19. The van der Waals surface area contributed by atoms with Crippen molar-refractivity contribution in [2.24, 2.45) is 10.9 Å². The number of pyridine rings is 2. The van der Waals surface area contributed by atoms with Gasteiger partial charge >= 0.3 is 0 Å². The lowest BCUT2D eigenvalue weighted by Gasteiger charge is -2.10. The van der Waals surface area contributed by atoms with Crippen LogP contribution in [0.1, 0.15) is 17.0 Å². The Hall–Kier alpha value is -2.63. The fourth-order valence-corrected chi connectivity index (χ4v) is 1.69. The molecule has 0 unspecified atom stereocenters. The molecule has 2 aromatic rings. The first kappa shape index (κ1) is 13.8. The predicted molar refractivity (Wildman–Crippen MR) is 74.9 cm³/mol. The molecule has 0 aromatic carbocycles. The average Bonchev–Trinajstić information content (AvgIpc) is 2.48. The molecule has 3 N–H and O–H groups in total. The van der Waals surface area contributed by atoms with Crippen LogP contribution in [0.2, 0.25) is 0 Å². The van der Waals surface area contributed by atoms with Crippen molar-refractivity contribution in [3.63, 3.8) is 0 Å². The smallest absolute Gasteiger partial charge is 0.224 e. The highest BCUT2D eigenvalue weighted by Crippen LogP contribution is 2.16. The van der Waals surface area contributed by atoms with Gasteiger partial charge in [-0.3, -0.25) is 4.98 Å². The topological polar surface area (TPSA) is 93.6 Å². The zero-order valence-electron chi connectivity index (χ0n) is 11.2. The highest BCUT2D eigenvalue weighted by Gasteiger charge is 2.10. The minimum Gasteiger partial charge on any atom is -0.477 e. The number of oxime groups is 1. The van der Waals surface area contributed by atoms with Crippen LogP contribution < -0.4 is 10.5 Å². The predicted octanol–water partition coefficient (Wildman–Crippen LogP) is 1.50. The molecule has 20 heavy (non-hydrogen) atoms. The van der Waals surface area contributed by atoms with E-state index in [1.807, 2.05) is 25.1 Å². The van der Waals surface area contributed by atoms with Crippen molar-refractivity contribution in [1.29, 1.82) is 0 Å². The van der Waals surface area contributed by atoms with Gasteiger partial charge in [0, 0.05) is 24.0 Å². The Morgan fingerprint density at radius 1 is 1.35 bits per heavy atom. The van der Waals surface area contributed by atoms with Crippen molar-refractivity contribution in [1.82, 2.24) is 9.97 Å². The molecular formula is C14H16N4O2. The Balaban J connectivity index is 2.07. The lowest BCUT2D eigenvalue weighted by atomic mass is 10.2. The van der Waals surface area contributed by atoms with Crippen LogP contribution in [0.5, 0.6) is 5.88 Å². The van der Waals surface area contributed by atoms with Gasteiger partial charge < -0.3 is 15.7 Å². The number of hydrogen-bond donors (Lipinski definition) is 2. The zero-order valence-corrected chi connectivity index (χ0v) is 11.2. The maximum Gasteiger partial charge on any atom is 0.224 e. The summed E-state index contributed by atoms with van der Waals surface area (Å²) in [5.41, 5.74) is 7.80. The minimum atomic E-state index is -0.0228. The van der Waals surface area contributed by atoms with E-state index in [1.165, 1.54) is 0 Å². The van der Waals surface area contributed by atoms with Gasteiger partial charge in [-0.25, -0.2) is 4.98 Å². The molecule has 2 aromatic heterocycles. The average molecular weight is 272 g/mol. The van der Waals surface area contributed by atoms with Crippen molar-refractivity contribution in [3.05, 3.63) is 53.5 Å². The molecule has 0 fully saturated rings. The van der Waals surface area contributed by atoms with Crippen molar-refractivity contribution in [3.8, 4) is 5.88 Å². The van der Waals surface area contributed by atoms with E-state index in [4.69, 9.17) is 15.7 Å². The van der Waals surface area contributed by atoms with E-state index < -0.39 is 0 Å². The summed E-state index contributed by atoms with van der Waals surface area (Å²) in [5, 5.41) is 11.7. The van der Waals surface area contributed by atoms with Gasteiger partial charge in [0.2, 0.25) is 5.88 Å². The third kappa shape index (κ3) is 3.44. The molecule has 0 aliphatic carbocycles.